The summed E-state index contributed by atoms with van der Waals surface area (Å²) < 4.78 is 15.6. The average Bonchev–Trinajstić information content (AvgIpc) is 3.95. The van der Waals surface area contributed by atoms with Crippen LogP contribution in [0.25, 0.3) is 117 Å². The summed E-state index contributed by atoms with van der Waals surface area (Å²) in [6.07, 6.45) is 0. The Hall–Kier alpha value is -7.83. The van der Waals surface area contributed by atoms with Gasteiger partial charge in [-0.25, -0.2) is 15.0 Å². The van der Waals surface area contributed by atoms with Crippen LogP contribution >= 0.6 is 0 Å². The van der Waals surface area contributed by atoms with E-state index in [0.29, 0.717) is 17.5 Å². The van der Waals surface area contributed by atoms with Crippen molar-refractivity contribution in [1.82, 2.24) is 19.5 Å². The molecular weight excluding hydrogens is 701 g/mol. The molecule has 0 N–H and O–H groups in total. The Labute approximate surface area is 325 Å². The fourth-order valence-electron chi connectivity index (χ4n) is 8.36. The van der Waals surface area contributed by atoms with Gasteiger partial charge in [-0.2, -0.15) is 0 Å². The second-order valence-electron chi connectivity index (χ2n) is 14.4. The molecule has 0 aliphatic rings. The van der Waals surface area contributed by atoms with E-state index in [2.05, 4.69) is 138 Å². The molecule has 0 saturated heterocycles. The third-order valence-corrected chi connectivity index (χ3v) is 11.0. The van der Waals surface area contributed by atoms with E-state index in [0.717, 1.165) is 93.8 Å². The zero-order chi connectivity index (χ0) is 37.5. The second-order valence-corrected chi connectivity index (χ2v) is 14.4. The zero-order valence-electron chi connectivity index (χ0n) is 30.4. The highest BCUT2D eigenvalue weighted by molar-refractivity contribution is 6.18. The molecule has 0 aliphatic carbocycles. The summed E-state index contributed by atoms with van der Waals surface area (Å²) in [6, 6.07) is 62.6. The third kappa shape index (κ3) is 5.01. The molecule has 0 radical (unpaired) electrons. The molecule has 0 bridgehead atoms. The minimum absolute atomic E-state index is 0.573. The highest BCUT2D eigenvalue weighted by Gasteiger charge is 2.21. The van der Waals surface area contributed by atoms with Crippen molar-refractivity contribution < 1.29 is 8.83 Å². The van der Waals surface area contributed by atoms with Gasteiger partial charge in [0.2, 0.25) is 0 Å². The van der Waals surface area contributed by atoms with Crippen molar-refractivity contribution >= 4 is 65.7 Å². The molecule has 0 amide bonds. The Morgan fingerprint density at radius 2 is 0.912 bits per heavy atom. The summed E-state index contributed by atoms with van der Waals surface area (Å²) in [7, 11) is 0. The number of para-hydroxylation sites is 3. The summed E-state index contributed by atoms with van der Waals surface area (Å²) >= 11 is 0. The Morgan fingerprint density at radius 1 is 0.316 bits per heavy atom. The summed E-state index contributed by atoms with van der Waals surface area (Å²) in [5.41, 5.74) is 11.3. The lowest BCUT2D eigenvalue weighted by molar-refractivity contribution is 0.665. The van der Waals surface area contributed by atoms with Crippen LogP contribution in [-0.2, 0) is 0 Å². The van der Waals surface area contributed by atoms with Gasteiger partial charge in [0.15, 0.2) is 23.1 Å². The van der Waals surface area contributed by atoms with Gasteiger partial charge in [0.05, 0.1) is 16.7 Å². The van der Waals surface area contributed by atoms with Crippen molar-refractivity contribution in [2.24, 2.45) is 0 Å². The molecule has 0 atom stereocenters. The summed E-state index contributed by atoms with van der Waals surface area (Å²) in [6.45, 7) is 0. The molecule has 0 unspecified atom stereocenters. The van der Waals surface area contributed by atoms with Crippen molar-refractivity contribution in [1.29, 1.82) is 0 Å². The molecule has 266 valence electrons. The number of furan rings is 2. The van der Waals surface area contributed by atoms with Crippen LogP contribution in [0.4, 0.5) is 0 Å². The van der Waals surface area contributed by atoms with Gasteiger partial charge in [0.1, 0.15) is 16.7 Å². The number of hydrogen-bond acceptors (Lipinski definition) is 5. The topological polar surface area (TPSA) is 69.9 Å². The maximum Gasteiger partial charge on any atom is 0.164 e. The first-order chi connectivity index (χ1) is 28.2. The quantitative estimate of drug-likeness (QED) is 0.176. The molecule has 4 heterocycles. The molecule has 6 heteroatoms. The first-order valence-corrected chi connectivity index (χ1v) is 19.0. The van der Waals surface area contributed by atoms with E-state index in [1.807, 2.05) is 48.5 Å². The Balaban J connectivity index is 1.04. The Kier molecular flexibility index (Phi) is 6.83. The molecule has 0 spiro atoms. The fraction of sp³-hybridized carbons (Fsp3) is 0. The maximum absolute atomic E-state index is 6.88. The van der Waals surface area contributed by atoms with Crippen LogP contribution < -0.4 is 0 Å². The number of rotatable bonds is 5. The molecule has 0 saturated carbocycles. The van der Waals surface area contributed by atoms with Gasteiger partial charge in [-0.3, -0.25) is 0 Å². The molecule has 4 aromatic heterocycles. The van der Waals surface area contributed by atoms with E-state index in [9.17, 15) is 0 Å². The van der Waals surface area contributed by atoms with Crippen LogP contribution in [0.15, 0.2) is 191 Å². The third-order valence-electron chi connectivity index (χ3n) is 11.0. The van der Waals surface area contributed by atoms with E-state index in [1.165, 1.54) is 5.39 Å². The molecule has 6 nitrogen and oxygen atoms in total. The fourth-order valence-corrected chi connectivity index (χ4v) is 8.36. The number of hydrogen-bond donors (Lipinski definition) is 0. The van der Waals surface area contributed by atoms with Crippen molar-refractivity contribution in [3.8, 4) is 51.0 Å². The van der Waals surface area contributed by atoms with Crippen molar-refractivity contribution in [2.45, 2.75) is 0 Å². The van der Waals surface area contributed by atoms with Gasteiger partial charge in [0, 0.05) is 55.1 Å². The van der Waals surface area contributed by atoms with Gasteiger partial charge in [-0.05, 0) is 53.6 Å². The minimum Gasteiger partial charge on any atom is -0.456 e. The average molecular weight is 731 g/mol. The number of benzene rings is 8. The number of fused-ring (bicyclic) bond motifs is 9. The van der Waals surface area contributed by atoms with Gasteiger partial charge in [0.25, 0.3) is 0 Å². The molecule has 0 aliphatic heterocycles. The SMILES string of the molecule is c1ccc(-c2cccc(-c3nc(-c4ccccc4)nc(-c4ccc5c(c4)oc4c(-n6c7ccccc7c7cc8c(cc76)oc6ccccc68)cccc45)n3)c2)cc1. The first-order valence-electron chi connectivity index (χ1n) is 19.0. The molecule has 57 heavy (non-hydrogen) atoms. The number of aromatic nitrogens is 4. The van der Waals surface area contributed by atoms with Gasteiger partial charge in [-0.15, -0.1) is 0 Å². The van der Waals surface area contributed by atoms with Crippen molar-refractivity contribution in [2.75, 3.05) is 0 Å². The standard InChI is InChI=1S/C51H30N4O2/c1-3-13-31(14-4-1)33-17-11-18-34(27-33)50-52-49(32-15-5-2-6-16-32)53-51(54-50)35-25-26-38-39-21-12-23-43(48(39)57-46(38)28-35)55-42-22-9-7-19-36(42)40-29-41-37-20-8-10-24-45(37)56-47(41)30-44(40)55/h1-30H. The largest absolute Gasteiger partial charge is 0.456 e. The normalized spacial score (nSPS) is 11.9. The van der Waals surface area contributed by atoms with Crippen LogP contribution in [0.1, 0.15) is 0 Å². The van der Waals surface area contributed by atoms with E-state index in [-0.39, 0.29) is 0 Å². The van der Waals surface area contributed by atoms with E-state index >= 15 is 0 Å². The van der Waals surface area contributed by atoms with Crippen LogP contribution in [0, 0.1) is 0 Å². The van der Waals surface area contributed by atoms with Gasteiger partial charge < -0.3 is 13.4 Å². The van der Waals surface area contributed by atoms with Crippen LogP contribution in [-0.4, -0.2) is 19.5 Å². The predicted molar refractivity (Wildman–Crippen MR) is 230 cm³/mol. The van der Waals surface area contributed by atoms with Crippen LogP contribution in [0.2, 0.25) is 0 Å². The second kappa shape index (κ2) is 12.3. The van der Waals surface area contributed by atoms with E-state index < -0.39 is 0 Å². The molecular formula is C51H30N4O2. The monoisotopic (exact) mass is 730 g/mol. The van der Waals surface area contributed by atoms with E-state index in [4.69, 9.17) is 23.8 Å². The molecule has 12 aromatic rings. The highest BCUT2D eigenvalue weighted by atomic mass is 16.3. The van der Waals surface area contributed by atoms with E-state index in [1.54, 1.807) is 0 Å². The molecule has 0 fully saturated rings. The summed E-state index contributed by atoms with van der Waals surface area (Å²) in [5.74, 6) is 1.79. The van der Waals surface area contributed by atoms with Crippen molar-refractivity contribution in [3.05, 3.63) is 182 Å². The predicted octanol–water partition coefficient (Wildman–Crippen LogP) is 13.4. The number of nitrogens with zero attached hydrogens (tertiary/aromatic N) is 4. The molecule has 8 aromatic carbocycles. The van der Waals surface area contributed by atoms with Gasteiger partial charge in [-0.1, -0.05) is 133 Å². The van der Waals surface area contributed by atoms with Gasteiger partial charge >= 0.3 is 0 Å². The minimum atomic E-state index is 0.573. The van der Waals surface area contributed by atoms with Crippen LogP contribution in [0.3, 0.4) is 0 Å². The molecule has 12 rings (SSSR count). The zero-order valence-corrected chi connectivity index (χ0v) is 30.4. The summed E-state index contributed by atoms with van der Waals surface area (Å²) in [4.78, 5) is 15.1. The first kappa shape index (κ1) is 31.5. The Morgan fingerprint density at radius 3 is 1.74 bits per heavy atom. The van der Waals surface area contributed by atoms with Crippen molar-refractivity contribution in [3.63, 3.8) is 0 Å². The smallest absolute Gasteiger partial charge is 0.164 e. The lowest BCUT2D eigenvalue weighted by atomic mass is 10.0. The maximum atomic E-state index is 6.88. The lowest BCUT2D eigenvalue weighted by Gasteiger charge is -2.09. The highest BCUT2D eigenvalue weighted by Crippen LogP contribution is 2.41. The van der Waals surface area contributed by atoms with Crippen LogP contribution in [0.5, 0.6) is 0 Å². The lowest BCUT2D eigenvalue weighted by Crippen LogP contribution is -2.00. The Bertz CT molecular complexity index is 3530. The summed E-state index contributed by atoms with van der Waals surface area (Å²) in [5, 5.41) is 6.60.